The SMILES string of the molecule is CCCOc1ccc(OCCCS(N)(=O)=O)cc1. The van der Waals surface area contributed by atoms with E-state index < -0.39 is 10.0 Å². The second-order valence-electron chi connectivity index (χ2n) is 3.89. The number of rotatable bonds is 8. The van der Waals surface area contributed by atoms with E-state index in [1.807, 2.05) is 19.1 Å². The quantitative estimate of drug-likeness (QED) is 0.729. The predicted molar refractivity (Wildman–Crippen MR) is 70.3 cm³/mol. The molecule has 1 rings (SSSR count). The van der Waals surface area contributed by atoms with Crippen molar-refractivity contribution in [3.05, 3.63) is 24.3 Å². The van der Waals surface area contributed by atoms with E-state index in [0.29, 0.717) is 25.4 Å². The molecule has 0 saturated carbocycles. The van der Waals surface area contributed by atoms with E-state index >= 15 is 0 Å². The molecule has 6 heteroatoms. The monoisotopic (exact) mass is 273 g/mol. The van der Waals surface area contributed by atoms with Crippen molar-refractivity contribution in [3.63, 3.8) is 0 Å². The lowest BCUT2D eigenvalue weighted by Crippen LogP contribution is -2.18. The molecule has 0 unspecified atom stereocenters. The first kappa shape index (κ1) is 14.8. The normalized spacial score (nSPS) is 11.2. The number of nitrogens with two attached hydrogens (primary N) is 1. The number of hydrogen-bond acceptors (Lipinski definition) is 4. The third-order valence-electron chi connectivity index (χ3n) is 2.14. The van der Waals surface area contributed by atoms with Crippen LogP contribution in [0.4, 0.5) is 0 Å². The van der Waals surface area contributed by atoms with Crippen molar-refractivity contribution >= 4 is 10.0 Å². The zero-order valence-corrected chi connectivity index (χ0v) is 11.3. The van der Waals surface area contributed by atoms with Crippen LogP contribution in [0.2, 0.25) is 0 Å². The Morgan fingerprint density at radius 2 is 1.56 bits per heavy atom. The fourth-order valence-electron chi connectivity index (χ4n) is 1.30. The van der Waals surface area contributed by atoms with Crippen LogP contribution < -0.4 is 14.6 Å². The molecule has 0 atom stereocenters. The Hall–Kier alpha value is -1.27. The maximum Gasteiger partial charge on any atom is 0.209 e. The molecule has 18 heavy (non-hydrogen) atoms. The van der Waals surface area contributed by atoms with E-state index in [1.165, 1.54) is 0 Å². The van der Waals surface area contributed by atoms with Crippen LogP contribution in [0.1, 0.15) is 19.8 Å². The molecule has 0 aliphatic rings. The van der Waals surface area contributed by atoms with Crippen LogP contribution in [-0.4, -0.2) is 27.4 Å². The van der Waals surface area contributed by atoms with Gasteiger partial charge in [-0.05, 0) is 37.1 Å². The molecule has 0 saturated heterocycles. The molecule has 0 spiro atoms. The smallest absolute Gasteiger partial charge is 0.209 e. The molecule has 0 amide bonds. The fraction of sp³-hybridized carbons (Fsp3) is 0.500. The second-order valence-corrected chi connectivity index (χ2v) is 5.62. The van der Waals surface area contributed by atoms with Gasteiger partial charge in [0.15, 0.2) is 0 Å². The summed E-state index contributed by atoms with van der Waals surface area (Å²) in [5.41, 5.74) is 0. The zero-order chi connectivity index (χ0) is 13.4. The van der Waals surface area contributed by atoms with Gasteiger partial charge in [-0.3, -0.25) is 0 Å². The summed E-state index contributed by atoms with van der Waals surface area (Å²) in [7, 11) is -3.40. The maximum absolute atomic E-state index is 10.7. The van der Waals surface area contributed by atoms with Gasteiger partial charge in [-0.15, -0.1) is 0 Å². The van der Waals surface area contributed by atoms with Crippen LogP contribution in [0.15, 0.2) is 24.3 Å². The summed E-state index contributed by atoms with van der Waals surface area (Å²) in [6, 6.07) is 7.24. The number of sulfonamides is 1. The largest absolute Gasteiger partial charge is 0.494 e. The Morgan fingerprint density at radius 1 is 1.06 bits per heavy atom. The van der Waals surface area contributed by atoms with Gasteiger partial charge in [0.2, 0.25) is 10.0 Å². The Balaban J connectivity index is 2.31. The third kappa shape index (κ3) is 6.46. The van der Waals surface area contributed by atoms with Crippen LogP contribution in [0.5, 0.6) is 11.5 Å². The topological polar surface area (TPSA) is 78.6 Å². The summed E-state index contributed by atoms with van der Waals surface area (Å²) in [5.74, 6) is 1.42. The Morgan fingerprint density at radius 3 is 2.00 bits per heavy atom. The van der Waals surface area contributed by atoms with E-state index in [0.717, 1.165) is 12.2 Å². The lowest BCUT2D eigenvalue weighted by molar-refractivity contribution is 0.309. The van der Waals surface area contributed by atoms with Crippen LogP contribution in [0.25, 0.3) is 0 Å². The zero-order valence-electron chi connectivity index (χ0n) is 10.5. The third-order valence-corrected chi connectivity index (χ3v) is 3.00. The molecule has 1 aromatic carbocycles. The number of benzene rings is 1. The summed E-state index contributed by atoms with van der Waals surface area (Å²) < 4.78 is 32.2. The van der Waals surface area contributed by atoms with Crippen LogP contribution in [-0.2, 0) is 10.0 Å². The molecule has 0 radical (unpaired) electrons. The van der Waals surface area contributed by atoms with Gasteiger partial charge in [0.05, 0.1) is 19.0 Å². The summed E-state index contributed by atoms with van der Waals surface area (Å²) in [4.78, 5) is 0. The average Bonchev–Trinajstić information content (AvgIpc) is 2.32. The maximum atomic E-state index is 10.7. The van der Waals surface area contributed by atoms with Crippen molar-refractivity contribution in [1.29, 1.82) is 0 Å². The van der Waals surface area contributed by atoms with Gasteiger partial charge < -0.3 is 9.47 Å². The molecule has 0 bridgehead atoms. The molecule has 0 aliphatic heterocycles. The minimum Gasteiger partial charge on any atom is -0.494 e. The summed E-state index contributed by atoms with van der Waals surface area (Å²) in [6.45, 7) is 3.06. The van der Waals surface area contributed by atoms with Gasteiger partial charge in [0, 0.05) is 0 Å². The number of primary sulfonamides is 1. The van der Waals surface area contributed by atoms with Gasteiger partial charge in [0.1, 0.15) is 11.5 Å². The highest BCUT2D eigenvalue weighted by Crippen LogP contribution is 2.17. The minimum absolute atomic E-state index is 0.0648. The first-order chi connectivity index (χ1) is 8.51. The Kier molecular flexibility index (Phi) is 5.94. The van der Waals surface area contributed by atoms with Crippen molar-refractivity contribution < 1.29 is 17.9 Å². The molecule has 0 heterocycles. The van der Waals surface area contributed by atoms with E-state index in [9.17, 15) is 8.42 Å². The molecule has 1 aromatic rings. The lowest BCUT2D eigenvalue weighted by Gasteiger charge is -2.07. The van der Waals surface area contributed by atoms with E-state index in [2.05, 4.69) is 0 Å². The fourth-order valence-corrected chi connectivity index (χ4v) is 1.82. The first-order valence-corrected chi connectivity index (χ1v) is 7.59. The molecule has 0 fully saturated rings. The lowest BCUT2D eigenvalue weighted by atomic mass is 10.3. The van der Waals surface area contributed by atoms with Crippen molar-refractivity contribution in [2.24, 2.45) is 5.14 Å². The van der Waals surface area contributed by atoms with E-state index in [-0.39, 0.29) is 5.75 Å². The van der Waals surface area contributed by atoms with Gasteiger partial charge in [0.25, 0.3) is 0 Å². The molecule has 0 aliphatic carbocycles. The average molecular weight is 273 g/mol. The van der Waals surface area contributed by atoms with Crippen LogP contribution >= 0.6 is 0 Å². The van der Waals surface area contributed by atoms with Crippen molar-refractivity contribution in [1.82, 2.24) is 0 Å². The highest BCUT2D eigenvalue weighted by Gasteiger charge is 2.02. The molecular formula is C12H19NO4S. The Bertz CT molecular complexity index is 442. The van der Waals surface area contributed by atoms with E-state index in [4.69, 9.17) is 14.6 Å². The number of ether oxygens (including phenoxy) is 2. The van der Waals surface area contributed by atoms with Gasteiger partial charge in [-0.1, -0.05) is 6.92 Å². The molecule has 102 valence electrons. The molecule has 2 N–H and O–H groups in total. The summed E-state index contributed by atoms with van der Waals surface area (Å²) >= 11 is 0. The van der Waals surface area contributed by atoms with Crippen molar-refractivity contribution in [2.45, 2.75) is 19.8 Å². The molecule has 5 nitrogen and oxygen atoms in total. The van der Waals surface area contributed by atoms with Gasteiger partial charge >= 0.3 is 0 Å². The molecule has 0 aromatic heterocycles. The minimum atomic E-state index is -3.40. The summed E-state index contributed by atoms with van der Waals surface area (Å²) in [5, 5.41) is 4.88. The number of hydrogen-bond donors (Lipinski definition) is 1. The first-order valence-electron chi connectivity index (χ1n) is 5.87. The van der Waals surface area contributed by atoms with Gasteiger partial charge in [-0.25, -0.2) is 13.6 Å². The standard InChI is InChI=1S/C12H19NO4S/c1-2-8-16-11-4-6-12(7-5-11)17-9-3-10-18(13,14)15/h4-7H,2-3,8-10H2,1H3,(H2,13,14,15). The highest BCUT2D eigenvalue weighted by atomic mass is 32.2. The summed E-state index contributed by atoms with van der Waals surface area (Å²) in [6.07, 6.45) is 1.35. The predicted octanol–water partition coefficient (Wildman–Crippen LogP) is 1.53. The van der Waals surface area contributed by atoms with Gasteiger partial charge in [-0.2, -0.15) is 0 Å². The van der Waals surface area contributed by atoms with Crippen molar-refractivity contribution in [3.8, 4) is 11.5 Å². The van der Waals surface area contributed by atoms with E-state index in [1.54, 1.807) is 12.1 Å². The highest BCUT2D eigenvalue weighted by molar-refractivity contribution is 7.89. The van der Waals surface area contributed by atoms with Crippen molar-refractivity contribution in [2.75, 3.05) is 19.0 Å². The molecular weight excluding hydrogens is 254 g/mol. The second kappa shape index (κ2) is 7.23. The van der Waals surface area contributed by atoms with Crippen LogP contribution in [0.3, 0.4) is 0 Å². The van der Waals surface area contributed by atoms with Crippen LogP contribution in [0, 0.1) is 0 Å². The Labute approximate surface area is 108 Å².